The third kappa shape index (κ3) is 4.57. The van der Waals surface area contributed by atoms with Gasteiger partial charge < -0.3 is 10.5 Å². The highest BCUT2D eigenvalue weighted by molar-refractivity contribution is 5.60. The van der Waals surface area contributed by atoms with E-state index in [1.165, 1.54) is 16.4 Å². The number of hydrogen-bond acceptors (Lipinski definition) is 5. The van der Waals surface area contributed by atoms with E-state index in [1.54, 1.807) is 0 Å². The lowest BCUT2D eigenvalue weighted by molar-refractivity contribution is -0.288. The lowest BCUT2D eigenvalue weighted by atomic mass is 9.86. The number of nitrogens with zero attached hydrogens (tertiary/aromatic N) is 2. The standard InChI is InChI=1S/C22H27F7N4O3/c1-9-16-14(19(34)31-20(35)33(16)12-3-4-12)18(36-2)15(23)17(9)32-7-10(11(6-30)8-32)5-13(21(24,25)26)22(27,28)29/h10-13,15,17H,3-8,30H2,1-2H3,(H,31,34,35). The lowest BCUT2D eigenvalue weighted by Crippen LogP contribution is -2.61. The van der Waals surface area contributed by atoms with Crippen molar-refractivity contribution in [2.45, 2.75) is 56.8 Å². The number of aromatic nitrogens is 2. The number of likely N-dealkylation sites (tertiary alicyclic amines) is 1. The molecule has 1 aliphatic heterocycles. The van der Waals surface area contributed by atoms with Crippen molar-refractivity contribution in [3.8, 4) is 0 Å². The topological polar surface area (TPSA) is 93.3 Å². The van der Waals surface area contributed by atoms with E-state index < -0.39 is 60.0 Å². The Kier molecular flexibility index (Phi) is 6.82. The van der Waals surface area contributed by atoms with Crippen molar-refractivity contribution in [2.75, 3.05) is 26.7 Å². The zero-order valence-corrected chi connectivity index (χ0v) is 19.5. The molecule has 1 saturated heterocycles. The van der Waals surface area contributed by atoms with Crippen LogP contribution in [0.5, 0.6) is 0 Å². The fraction of sp³-hybridized carbons (Fsp3) is 0.727. The summed E-state index contributed by atoms with van der Waals surface area (Å²) in [6, 6.07) is -1.37. The van der Waals surface area contributed by atoms with Crippen molar-refractivity contribution in [1.82, 2.24) is 14.5 Å². The average Bonchev–Trinajstić information content (AvgIpc) is 3.51. The van der Waals surface area contributed by atoms with Gasteiger partial charge in [0.2, 0.25) is 0 Å². The Balaban J connectivity index is 1.78. The number of alkyl halides is 7. The SMILES string of the molecule is COC1=c2c(=O)[nH]c(=O)n(C3CC3)c2=C(C)C(N2CC(CN)C(CC(C(F)(F)F)C(F)(F)F)C2)C1F. The third-order valence-electron chi connectivity index (χ3n) is 7.50. The zero-order chi connectivity index (χ0) is 26.7. The molecular weight excluding hydrogens is 501 g/mol. The number of nitrogens with one attached hydrogen (secondary N) is 1. The molecule has 1 aromatic rings. The van der Waals surface area contributed by atoms with E-state index >= 15 is 4.39 Å². The number of H-pyrrole nitrogens is 1. The second kappa shape index (κ2) is 9.19. The van der Waals surface area contributed by atoms with Crippen LogP contribution in [0.3, 0.4) is 0 Å². The summed E-state index contributed by atoms with van der Waals surface area (Å²) in [6.45, 7) is 1.01. The van der Waals surface area contributed by atoms with E-state index in [-0.39, 0.29) is 47.6 Å². The molecular formula is C22H27F7N4O3. The summed E-state index contributed by atoms with van der Waals surface area (Å²) in [5, 5.41) is 0.0452. The predicted molar refractivity (Wildman–Crippen MR) is 115 cm³/mol. The van der Waals surface area contributed by atoms with Gasteiger partial charge in [0.05, 0.1) is 18.5 Å². The molecule has 4 unspecified atom stereocenters. The molecule has 1 saturated carbocycles. The molecule has 1 aromatic heterocycles. The number of aromatic amines is 1. The lowest BCUT2D eigenvalue weighted by Gasteiger charge is -2.35. The van der Waals surface area contributed by atoms with Crippen LogP contribution in [0.2, 0.25) is 0 Å². The Morgan fingerprint density at radius 2 is 1.67 bits per heavy atom. The fourth-order valence-electron chi connectivity index (χ4n) is 5.65. The van der Waals surface area contributed by atoms with Crippen LogP contribution in [0.4, 0.5) is 30.7 Å². The number of methoxy groups -OCH3 is 1. The van der Waals surface area contributed by atoms with Crippen LogP contribution in [0.25, 0.3) is 11.3 Å². The minimum atomic E-state index is -5.49. The summed E-state index contributed by atoms with van der Waals surface area (Å²) in [7, 11) is 1.15. The molecule has 36 heavy (non-hydrogen) atoms. The number of ether oxygens (including phenoxy) is 1. The van der Waals surface area contributed by atoms with Crippen LogP contribution >= 0.6 is 0 Å². The molecule has 0 radical (unpaired) electrons. The predicted octanol–water partition coefficient (Wildman–Crippen LogP) is 1.15. The average molecular weight is 528 g/mol. The Morgan fingerprint density at radius 1 is 1.08 bits per heavy atom. The minimum absolute atomic E-state index is 0.0464. The molecule has 2 aliphatic carbocycles. The molecule has 202 valence electrons. The molecule has 14 heteroatoms. The Labute approximate surface area is 200 Å². The molecule has 4 atom stereocenters. The molecule has 0 spiro atoms. The second-order valence-corrected chi connectivity index (χ2v) is 9.76. The molecule has 2 heterocycles. The molecule has 4 rings (SSSR count). The van der Waals surface area contributed by atoms with Gasteiger partial charge in [-0.25, -0.2) is 9.18 Å². The van der Waals surface area contributed by atoms with Gasteiger partial charge in [0.1, 0.15) is 11.0 Å². The van der Waals surface area contributed by atoms with Crippen molar-refractivity contribution >= 4 is 11.3 Å². The van der Waals surface area contributed by atoms with Gasteiger partial charge in [-0.05, 0) is 50.1 Å². The molecule has 2 fully saturated rings. The van der Waals surface area contributed by atoms with Crippen LogP contribution in [0.15, 0.2) is 9.59 Å². The van der Waals surface area contributed by atoms with E-state index in [0.29, 0.717) is 12.8 Å². The first kappa shape index (κ1) is 26.7. The summed E-state index contributed by atoms with van der Waals surface area (Å²) in [5.41, 5.74) is 4.49. The summed E-state index contributed by atoms with van der Waals surface area (Å²) in [5.74, 6) is -5.70. The highest BCUT2D eigenvalue weighted by Crippen LogP contribution is 2.45. The quantitative estimate of drug-likeness (QED) is 0.541. The monoisotopic (exact) mass is 528 g/mol. The van der Waals surface area contributed by atoms with Crippen LogP contribution < -0.4 is 27.6 Å². The van der Waals surface area contributed by atoms with Crippen molar-refractivity contribution in [3.05, 3.63) is 31.4 Å². The van der Waals surface area contributed by atoms with Gasteiger partial charge in [0.15, 0.2) is 12.1 Å². The molecule has 0 bridgehead atoms. The third-order valence-corrected chi connectivity index (χ3v) is 7.50. The Morgan fingerprint density at radius 3 is 2.17 bits per heavy atom. The number of nitrogens with two attached hydrogens (primary N) is 1. The second-order valence-electron chi connectivity index (χ2n) is 9.76. The van der Waals surface area contributed by atoms with E-state index in [4.69, 9.17) is 10.5 Å². The number of hydrogen-bond donors (Lipinski definition) is 2. The Hall–Kier alpha value is -2.35. The zero-order valence-electron chi connectivity index (χ0n) is 19.5. The maximum absolute atomic E-state index is 15.9. The van der Waals surface area contributed by atoms with E-state index in [1.807, 2.05) is 0 Å². The first-order chi connectivity index (χ1) is 16.7. The molecule has 7 nitrogen and oxygen atoms in total. The van der Waals surface area contributed by atoms with Gasteiger partial charge in [-0.2, -0.15) is 26.3 Å². The molecule has 0 amide bonds. The number of fused-ring (bicyclic) bond motifs is 1. The Bertz CT molecular complexity index is 1230. The summed E-state index contributed by atoms with van der Waals surface area (Å²) in [4.78, 5) is 28.9. The minimum Gasteiger partial charge on any atom is -0.497 e. The van der Waals surface area contributed by atoms with Crippen molar-refractivity contribution in [3.63, 3.8) is 0 Å². The highest BCUT2D eigenvalue weighted by Gasteiger charge is 2.58. The normalized spacial score (nSPS) is 27.6. The largest absolute Gasteiger partial charge is 0.497 e. The fourth-order valence-corrected chi connectivity index (χ4v) is 5.65. The van der Waals surface area contributed by atoms with E-state index in [0.717, 1.165) is 7.11 Å². The number of rotatable bonds is 6. The molecule has 3 N–H and O–H groups in total. The van der Waals surface area contributed by atoms with Gasteiger partial charge in [-0.3, -0.25) is 19.2 Å². The summed E-state index contributed by atoms with van der Waals surface area (Å²) >= 11 is 0. The summed E-state index contributed by atoms with van der Waals surface area (Å²) in [6.07, 6.45) is -12.8. The summed E-state index contributed by atoms with van der Waals surface area (Å²) < 4.78 is 102. The smallest absolute Gasteiger partial charge is 0.400 e. The van der Waals surface area contributed by atoms with Crippen molar-refractivity contribution in [2.24, 2.45) is 23.5 Å². The van der Waals surface area contributed by atoms with Crippen molar-refractivity contribution < 1.29 is 35.5 Å². The maximum Gasteiger partial charge on any atom is 0.400 e. The van der Waals surface area contributed by atoms with Gasteiger partial charge >= 0.3 is 18.0 Å². The van der Waals surface area contributed by atoms with Crippen LogP contribution in [0.1, 0.15) is 32.2 Å². The van der Waals surface area contributed by atoms with Gasteiger partial charge in [0.25, 0.3) is 5.56 Å². The van der Waals surface area contributed by atoms with Crippen LogP contribution in [-0.2, 0) is 4.74 Å². The molecule has 3 aliphatic rings. The maximum atomic E-state index is 15.9. The van der Waals surface area contributed by atoms with Crippen molar-refractivity contribution in [1.29, 1.82) is 0 Å². The van der Waals surface area contributed by atoms with Crippen LogP contribution in [0, 0.1) is 17.8 Å². The van der Waals surface area contributed by atoms with Crippen LogP contribution in [-0.4, -0.2) is 65.8 Å². The van der Waals surface area contributed by atoms with Gasteiger partial charge in [-0.1, -0.05) is 0 Å². The van der Waals surface area contributed by atoms with E-state index in [2.05, 4.69) is 4.98 Å². The van der Waals surface area contributed by atoms with E-state index in [9.17, 15) is 35.9 Å². The highest BCUT2D eigenvalue weighted by atomic mass is 19.4. The first-order valence-electron chi connectivity index (χ1n) is 11.6. The molecule has 0 aromatic carbocycles. The number of halogens is 7. The van der Waals surface area contributed by atoms with Gasteiger partial charge in [0, 0.05) is 19.1 Å². The first-order valence-corrected chi connectivity index (χ1v) is 11.6. The van der Waals surface area contributed by atoms with Gasteiger partial charge in [-0.15, -0.1) is 0 Å².